The summed E-state index contributed by atoms with van der Waals surface area (Å²) < 4.78 is 186. The van der Waals surface area contributed by atoms with E-state index in [1.165, 1.54) is 116 Å². The number of carboxylic acids is 1. The zero-order valence-electron chi connectivity index (χ0n) is 28.7. The van der Waals surface area contributed by atoms with Gasteiger partial charge in [0.2, 0.25) is 0 Å². The third kappa shape index (κ3) is 14.3. The zero-order valence-corrected chi connectivity index (χ0v) is 29.6. The van der Waals surface area contributed by atoms with E-state index < -0.39 is 47.7 Å². The van der Waals surface area contributed by atoms with Crippen molar-refractivity contribution in [3.8, 4) is 0 Å². The molecular weight excluding hydrogens is 733 g/mol. The van der Waals surface area contributed by atoms with Crippen LogP contribution in [0.4, 0.5) is 65.9 Å². The standard InChI is InChI=1S/C24H51S.C8HF15O2/c1-4-7-10-13-16-19-22-25(23-20-17-14-11-8-5-2)24-21-18-15-12-9-6-3;9-2(10,1(24)25)3(11,12)4(13,14)5(15,16)6(17,18)7(19,20)8(21,22)23/h4-24H2,1-3H3;(H,24,25)/q+1;/p-1. The summed E-state index contributed by atoms with van der Waals surface area (Å²) >= 11 is 0. The van der Waals surface area contributed by atoms with Crippen molar-refractivity contribution in [3.05, 3.63) is 0 Å². The average Bonchev–Trinajstić information content (AvgIpc) is 3.00. The van der Waals surface area contributed by atoms with Gasteiger partial charge < -0.3 is 9.90 Å². The molecule has 0 aromatic heterocycles. The fraction of sp³-hybridized carbons (Fsp3) is 0.969. The molecule has 0 amide bonds. The Labute approximate surface area is 288 Å². The van der Waals surface area contributed by atoms with Crippen LogP contribution in [0, 0.1) is 0 Å². The smallest absolute Gasteiger partial charge is 0.460 e. The summed E-state index contributed by atoms with van der Waals surface area (Å²) in [5, 5.41) is 9.61. The molecule has 0 radical (unpaired) electrons. The first kappa shape index (κ1) is 50.9. The maximum absolute atomic E-state index is 12.8. The molecule has 0 fully saturated rings. The molecule has 0 rings (SSSR count). The first-order chi connectivity index (χ1) is 22.8. The topological polar surface area (TPSA) is 40.1 Å². The molecule has 0 N–H and O–H groups in total. The Morgan fingerprint density at radius 1 is 0.400 bits per heavy atom. The second kappa shape index (κ2) is 22.8. The number of unbranched alkanes of at least 4 members (excludes halogenated alkanes) is 15. The first-order valence-electron chi connectivity index (χ1n) is 17.0. The lowest BCUT2D eigenvalue weighted by molar-refractivity contribution is -0.454. The normalized spacial score (nSPS) is 13.8. The maximum atomic E-state index is 12.8. The zero-order chi connectivity index (χ0) is 39.5. The lowest BCUT2D eigenvalue weighted by Gasteiger charge is -2.41. The van der Waals surface area contributed by atoms with Gasteiger partial charge in [-0.3, -0.25) is 0 Å². The van der Waals surface area contributed by atoms with Gasteiger partial charge in [0.25, 0.3) is 0 Å². The molecule has 0 unspecified atom stereocenters. The average molecular weight is 785 g/mol. The van der Waals surface area contributed by atoms with E-state index in [0.717, 1.165) is 10.9 Å². The van der Waals surface area contributed by atoms with E-state index in [2.05, 4.69) is 20.8 Å². The van der Waals surface area contributed by atoms with Crippen LogP contribution in [0.25, 0.3) is 0 Å². The first-order valence-corrected chi connectivity index (χ1v) is 18.7. The molecule has 0 atom stereocenters. The summed E-state index contributed by atoms with van der Waals surface area (Å²) in [4.78, 5) is 9.61. The molecular formula is C32H51F15O2S. The van der Waals surface area contributed by atoms with E-state index in [1.54, 1.807) is 17.3 Å². The quantitative estimate of drug-likeness (QED) is 0.0473. The molecule has 50 heavy (non-hydrogen) atoms. The van der Waals surface area contributed by atoms with Gasteiger partial charge in [-0.2, -0.15) is 65.9 Å². The number of alkyl halides is 15. The number of hydrogen-bond acceptors (Lipinski definition) is 2. The van der Waals surface area contributed by atoms with Crippen molar-refractivity contribution in [2.75, 3.05) is 17.3 Å². The summed E-state index contributed by atoms with van der Waals surface area (Å²) in [5.74, 6) is -48.7. The van der Waals surface area contributed by atoms with Crippen LogP contribution in [-0.2, 0) is 15.7 Å². The Kier molecular flexibility index (Phi) is 23.2. The van der Waals surface area contributed by atoms with Crippen molar-refractivity contribution in [1.82, 2.24) is 0 Å². The Hall–Kier alpha value is -1.23. The minimum Gasteiger partial charge on any atom is -0.544 e. The fourth-order valence-corrected chi connectivity index (χ4v) is 7.11. The maximum Gasteiger partial charge on any atom is 0.460 e. The van der Waals surface area contributed by atoms with E-state index in [1.807, 2.05) is 0 Å². The third-order valence-electron chi connectivity index (χ3n) is 7.94. The van der Waals surface area contributed by atoms with Crippen molar-refractivity contribution in [2.45, 2.75) is 178 Å². The lowest BCUT2D eigenvalue weighted by Crippen LogP contribution is -2.74. The van der Waals surface area contributed by atoms with Gasteiger partial charge >= 0.3 is 41.7 Å². The number of carbonyl (C=O) groups excluding carboxylic acids is 1. The van der Waals surface area contributed by atoms with Crippen LogP contribution in [0.3, 0.4) is 0 Å². The highest BCUT2D eigenvalue weighted by Crippen LogP contribution is 2.62. The molecule has 302 valence electrons. The molecule has 0 saturated carbocycles. The molecule has 0 aromatic carbocycles. The van der Waals surface area contributed by atoms with Gasteiger partial charge in [-0.25, -0.2) is 0 Å². The lowest BCUT2D eigenvalue weighted by atomic mass is 9.91. The number of hydrogen-bond donors (Lipinski definition) is 0. The molecule has 0 spiro atoms. The summed E-state index contributed by atoms with van der Waals surface area (Å²) in [6.45, 7) is 6.95. The van der Waals surface area contributed by atoms with Crippen LogP contribution >= 0.6 is 0 Å². The van der Waals surface area contributed by atoms with Crippen molar-refractivity contribution >= 4 is 16.9 Å². The van der Waals surface area contributed by atoms with Gasteiger partial charge in [0.05, 0.1) is 0 Å². The van der Waals surface area contributed by atoms with Gasteiger partial charge in [-0.05, 0) is 49.4 Å². The largest absolute Gasteiger partial charge is 0.544 e. The van der Waals surface area contributed by atoms with Crippen LogP contribution in [0.5, 0.6) is 0 Å². The summed E-state index contributed by atoms with van der Waals surface area (Å²) in [5.41, 5.74) is 0. The van der Waals surface area contributed by atoms with Gasteiger partial charge in [-0.1, -0.05) is 97.8 Å². The van der Waals surface area contributed by atoms with Crippen molar-refractivity contribution in [1.29, 1.82) is 0 Å². The minimum absolute atomic E-state index is 0.754. The second-order valence-electron chi connectivity index (χ2n) is 12.3. The van der Waals surface area contributed by atoms with Crippen molar-refractivity contribution in [2.24, 2.45) is 0 Å². The predicted octanol–water partition coefficient (Wildman–Crippen LogP) is 11.8. The predicted molar refractivity (Wildman–Crippen MR) is 163 cm³/mol. The van der Waals surface area contributed by atoms with E-state index in [4.69, 9.17) is 0 Å². The minimum atomic E-state index is -8.50. The van der Waals surface area contributed by atoms with Gasteiger partial charge in [-0.15, -0.1) is 0 Å². The highest BCUT2D eigenvalue weighted by molar-refractivity contribution is 7.96. The highest BCUT2D eigenvalue weighted by Gasteiger charge is 2.93. The fourth-order valence-electron chi connectivity index (χ4n) is 4.66. The molecule has 0 bridgehead atoms. The van der Waals surface area contributed by atoms with Crippen LogP contribution in [-0.4, -0.2) is 64.9 Å². The van der Waals surface area contributed by atoms with E-state index in [-0.39, 0.29) is 0 Å². The number of aliphatic carboxylic acids is 1. The molecule has 0 aliphatic heterocycles. The van der Waals surface area contributed by atoms with Gasteiger partial charge in [0.15, 0.2) is 0 Å². The number of carboxylic acid groups (broad SMARTS) is 1. The number of rotatable bonds is 27. The molecule has 18 heteroatoms. The van der Waals surface area contributed by atoms with Gasteiger partial charge in [0.1, 0.15) is 23.2 Å². The second-order valence-corrected chi connectivity index (χ2v) is 14.7. The number of carbonyl (C=O) groups is 1. The third-order valence-corrected chi connectivity index (χ3v) is 10.5. The van der Waals surface area contributed by atoms with Crippen LogP contribution in [0.1, 0.15) is 136 Å². The number of halogens is 15. The van der Waals surface area contributed by atoms with Crippen molar-refractivity contribution < 1.29 is 75.8 Å². The molecule has 0 aromatic rings. The summed E-state index contributed by atoms with van der Waals surface area (Å²) in [6, 6.07) is 0. The monoisotopic (exact) mass is 784 g/mol. The highest BCUT2D eigenvalue weighted by atomic mass is 32.2. The van der Waals surface area contributed by atoms with E-state index >= 15 is 0 Å². The molecule has 2 nitrogen and oxygen atoms in total. The Balaban J connectivity index is 0. The summed E-state index contributed by atoms with van der Waals surface area (Å²) in [7, 11) is 0.754. The Bertz CT molecular complexity index is 875. The van der Waals surface area contributed by atoms with Crippen LogP contribution < -0.4 is 5.11 Å². The molecule has 0 aliphatic rings. The molecule has 0 heterocycles. The Morgan fingerprint density at radius 2 is 0.640 bits per heavy atom. The SMILES string of the molecule is CCCCCCCC[S+](CCCCCCCC)CCCCCCCC.O=C([O-])C(F)(F)C(F)(F)C(F)(F)C(F)(F)C(F)(F)C(F)(F)C(F)(F)F. The van der Waals surface area contributed by atoms with Crippen LogP contribution in [0.2, 0.25) is 0 Å². The van der Waals surface area contributed by atoms with E-state index in [0.29, 0.717) is 0 Å². The molecule has 0 saturated heterocycles. The van der Waals surface area contributed by atoms with E-state index in [9.17, 15) is 75.8 Å². The Morgan fingerprint density at radius 3 is 0.900 bits per heavy atom. The summed E-state index contributed by atoms with van der Waals surface area (Å²) in [6.07, 6.45) is 18.7. The van der Waals surface area contributed by atoms with Gasteiger partial charge in [0, 0.05) is 0 Å². The van der Waals surface area contributed by atoms with Crippen LogP contribution in [0.15, 0.2) is 0 Å². The van der Waals surface area contributed by atoms with Crippen molar-refractivity contribution in [3.63, 3.8) is 0 Å². The molecule has 0 aliphatic carbocycles.